The van der Waals surface area contributed by atoms with Crippen LogP contribution in [-0.4, -0.2) is 64.5 Å². The molecule has 0 saturated carbocycles. The number of ether oxygens (including phenoxy) is 1. The highest BCUT2D eigenvalue weighted by Crippen LogP contribution is 2.42. The van der Waals surface area contributed by atoms with Crippen LogP contribution in [0.25, 0.3) is 22.6 Å². The quantitative estimate of drug-likeness (QED) is 0.282. The summed E-state index contributed by atoms with van der Waals surface area (Å²) in [5.74, 6) is -0.407. The van der Waals surface area contributed by atoms with Gasteiger partial charge in [-0.2, -0.15) is 13.2 Å². The van der Waals surface area contributed by atoms with Crippen LogP contribution in [-0.2, 0) is 27.7 Å². The lowest BCUT2D eigenvalue weighted by atomic mass is 9.78. The van der Waals surface area contributed by atoms with Gasteiger partial charge in [0, 0.05) is 31.3 Å². The van der Waals surface area contributed by atoms with Crippen molar-refractivity contribution < 1.29 is 42.2 Å². The second-order valence-corrected chi connectivity index (χ2v) is 8.99. The lowest BCUT2D eigenvalue weighted by Crippen LogP contribution is -2.51. The van der Waals surface area contributed by atoms with Crippen molar-refractivity contribution >= 4 is 12.0 Å². The molecule has 0 bridgehead atoms. The van der Waals surface area contributed by atoms with Crippen LogP contribution >= 0.6 is 0 Å². The first-order valence-electron chi connectivity index (χ1n) is 11.7. The van der Waals surface area contributed by atoms with Crippen LogP contribution in [0.2, 0.25) is 0 Å². The third-order valence-corrected chi connectivity index (χ3v) is 6.66. The van der Waals surface area contributed by atoms with E-state index in [1.165, 1.54) is 31.2 Å². The van der Waals surface area contributed by atoms with Crippen LogP contribution in [0.4, 0.5) is 18.0 Å². The molecule has 2 amide bonds. The van der Waals surface area contributed by atoms with Crippen molar-refractivity contribution in [2.45, 2.75) is 31.0 Å². The monoisotopic (exact) mass is 533 g/mol. The van der Waals surface area contributed by atoms with Crippen molar-refractivity contribution in [3.63, 3.8) is 0 Å². The molecule has 3 aromatic rings. The summed E-state index contributed by atoms with van der Waals surface area (Å²) in [5.41, 5.74) is -0.461. The molecule has 1 aromatic heterocycles. The van der Waals surface area contributed by atoms with Gasteiger partial charge in [0.2, 0.25) is 5.89 Å². The topological polar surface area (TPSA) is 116 Å². The SMILES string of the molecule is COC(=O)C1(c2nc(-c3ccc(C(F)(F)F)cc3)c(-c3ccc(CO)cc3)o2)CCN(C(=O)N(C)O)CC1. The van der Waals surface area contributed by atoms with E-state index in [0.717, 1.165) is 12.1 Å². The Kier molecular flexibility index (Phi) is 7.47. The zero-order valence-electron chi connectivity index (χ0n) is 20.7. The molecule has 12 heteroatoms. The molecule has 202 valence electrons. The Hall–Kier alpha value is -3.90. The fourth-order valence-corrected chi connectivity index (χ4v) is 4.48. The lowest BCUT2D eigenvalue weighted by Gasteiger charge is -2.38. The van der Waals surface area contributed by atoms with Crippen LogP contribution in [0.1, 0.15) is 29.9 Å². The van der Waals surface area contributed by atoms with Crippen LogP contribution in [0.5, 0.6) is 0 Å². The van der Waals surface area contributed by atoms with Crippen molar-refractivity contribution in [1.82, 2.24) is 14.9 Å². The fraction of sp³-hybridized carbons (Fsp3) is 0.346. The maximum absolute atomic E-state index is 13.1. The number of alkyl halides is 3. The van der Waals surface area contributed by atoms with Crippen molar-refractivity contribution in [2.24, 2.45) is 0 Å². The largest absolute Gasteiger partial charge is 0.468 e. The molecule has 0 aliphatic carbocycles. The predicted octanol–water partition coefficient (Wildman–Crippen LogP) is 4.47. The first kappa shape index (κ1) is 27.1. The minimum Gasteiger partial charge on any atom is -0.468 e. The van der Waals surface area contributed by atoms with Crippen molar-refractivity contribution in [3.8, 4) is 22.6 Å². The molecule has 0 atom stereocenters. The maximum atomic E-state index is 13.1. The highest BCUT2D eigenvalue weighted by molar-refractivity contribution is 5.84. The number of urea groups is 1. The number of carbonyl (C=O) groups is 2. The van der Waals surface area contributed by atoms with Crippen LogP contribution in [0, 0.1) is 0 Å². The number of hydrogen-bond donors (Lipinski definition) is 2. The number of aliphatic hydroxyl groups is 1. The van der Waals surface area contributed by atoms with Gasteiger partial charge in [-0.25, -0.2) is 14.8 Å². The maximum Gasteiger partial charge on any atom is 0.416 e. The molecule has 38 heavy (non-hydrogen) atoms. The second-order valence-electron chi connectivity index (χ2n) is 8.99. The summed E-state index contributed by atoms with van der Waals surface area (Å²) in [6.07, 6.45) is -4.36. The zero-order valence-corrected chi connectivity index (χ0v) is 20.7. The Morgan fingerprint density at radius 2 is 1.66 bits per heavy atom. The fourth-order valence-electron chi connectivity index (χ4n) is 4.48. The minimum absolute atomic E-state index is 0.00457. The number of hydroxylamine groups is 2. The molecule has 1 saturated heterocycles. The number of oxazole rings is 1. The Balaban J connectivity index is 1.81. The van der Waals surface area contributed by atoms with E-state index < -0.39 is 29.2 Å². The summed E-state index contributed by atoms with van der Waals surface area (Å²) >= 11 is 0. The number of likely N-dealkylation sites (tertiary alicyclic amines) is 1. The van der Waals surface area contributed by atoms with E-state index in [1.807, 2.05) is 0 Å². The summed E-state index contributed by atoms with van der Waals surface area (Å²) in [7, 11) is 2.42. The Morgan fingerprint density at radius 1 is 1.08 bits per heavy atom. The van der Waals surface area contributed by atoms with Gasteiger partial charge in [0.15, 0.2) is 5.76 Å². The standard InChI is InChI=1S/C26H26F3N3O6/c1-31(36)24(35)32-13-11-25(12-14-32,23(34)37-2)22-30-20(17-7-9-19(10-8-17)26(27,28)29)21(38-22)18-5-3-16(15-33)4-6-18/h3-10,33,36H,11-15H2,1-2H3. The number of rotatable bonds is 5. The number of amides is 2. The second kappa shape index (κ2) is 10.5. The number of aliphatic hydroxyl groups excluding tert-OH is 1. The molecule has 2 aromatic carbocycles. The summed E-state index contributed by atoms with van der Waals surface area (Å²) in [6.45, 7) is 0.00606. The average molecular weight is 534 g/mol. The summed E-state index contributed by atoms with van der Waals surface area (Å²) in [6, 6.07) is 10.5. The Bertz CT molecular complexity index is 1300. The molecular formula is C26H26F3N3O6. The van der Waals surface area contributed by atoms with Crippen molar-refractivity contribution in [3.05, 3.63) is 65.5 Å². The van der Waals surface area contributed by atoms with E-state index in [-0.39, 0.29) is 49.9 Å². The minimum atomic E-state index is -4.51. The number of benzene rings is 2. The molecule has 1 aliphatic heterocycles. The number of halogens is 3. The molecule has 2 N–H and O–H groups in total. The first-order valence-corrected chi connectivity index (χ1v) is 11.7. The number of nitrogens with zero attached hydrogens (tertiary/aromatic N) is 3. The first-order chi connectivity index (χ1) is 18.0. The molecule has 4 rings (SSSR count). The number of aromatic nitrogens is 1. The molecule has 0 spiro atoms. The van der Waals surface area contributed by atoms with Gasteiger partial charge in [0.05, 0.1) is 19.3 Å². The molecular weight excluding hydrogens is 507 g/mol. The number of hydrogen-bond acceptors (Lipinski definition) is 7. The van der Waals surface area contributed by atoms with Gasteiger partial charge >= 0.3 is 18.2 Å². The van der Waals surface area contributed by atoms with Crippen molar-refractivity contribution in [1.29, 1.82) is 0 Å². The van der Waals surface area contributed by atoms with E-state index in [2.05, 4.69) is 4.98 Å². The van der Waals surface area contributed by atoms with E-state index in [1.54, 1.807) is 24.3 Å². The van der Waals surface area contributed by atoms with E-state index in [0.29, 0.717) is 21.8 Å². The number of esters is 1. The summed E-state index contributed by atoms with van der Waals surface area (Å²) in [4.78, 5) is 31.3. The number of piperidine rings is 1. The Labute approximate surface area is 216 Å². The summed E-state index contributed by atoms with van der Waals surface area (Å²) in [5, 5.41) is 19.3. The van der Waals surface area contributed by atoms with Crippen LogP contribution in [0.15, 0.2) is 52.9 Å². The zero-order chi connectivity index (χ0) is 27.7. The normalized spacial score (nSPS) is 15.3. The van der Waals surface area contributed by atoms with Gasteiger partial charge in [-0.3, -0.25) is 10.0 Å². The highest BCUT2D eigenvalue weighted by Gasteiger charge is 2.49. The Morgan fingerprint density at radius 3 is 2.16 bits per heavy atom. The molecule has 2 heterocycles. The van der Waals surface area contributed by atoms with Gasteiger partial charge in [0.25, 0.3) is 0 Å². The lowest BCUT2D eigenvalue weighted by molar-refractivity contribution is -0.150. The molecule has 9 nitrogen and oxygen atoms in total. The molecule has 1 aliphatic rings. The molecule has 1 fully saturated rings. The summed E-state index contributed by atoms with van der Waals surface area (Å²) < 4.78 is 50.7. The third kappa shape index (κ3) is 5.09. The van der Waals surface area contributed by atoms with E-state index >= 15 is 0 Å². The van der Waals surface area contributed by atoms with Gasteiger partial charge in [0.1, 0.15) is 11.1 Å². The van der Waals surface area contributed by atoms with E-state index in [9.17, 15) is 33.1 Å². The third-order valence-electron chi connectivity index (χ3n) is 6.66. The van der Waals surface area contributed by atoms with E-state index in [4.69, 9.17) is 9.15 Å². The molecule has 0 unspecified atom stereocenters. The number of methoxy groups -OCH3 is 1. The predicted molar refractivity (Wildman–Crippen MR) is 128 cm³/mol. The number of carbonyl (C=O) groups excluding carboxylic acids is 2. The van der Waals surface area contributed by atoms with Gasteiger partial charge in [-0.1, -0.05) is 36.4 Å². The molecule has 0 radical (unpaired) electrons. The van der Waals surface area contributed by atoms with Gasteiger partial charge in [-0.15, -0.1) is 0 Å². The van der Waals surface area contributed by atoms with Crippen LogP contribution < -0.4 is 0 Å². The highest BCUT2D eigenvalue weighted by atomic mass is 19.4. The smallest absolute Gasteiger partial charge is 0.416 e. The van der Waals surface area contributed by atoms with Gasteiger partial charge < -0.3 is 19.2 Å². The van der Waals surface area contributed by atoms with Gasteiger partial charge in [-0.05, 0) is 30.5 Å². The van der Waals surface area contributed by atoms with Crippen LogP contribution in [0.3, 0.4) is 0 Å². The average Bonchev–Trinajstić information content (AvgIpc) is 3.38. The van der Waals surface area contributed by atoms with Crippen molar-refractivity contribution in [2.75, 3.05) is 27.2 Å².